The molecule has 0 saturated carbocycles. The van der Waals surface area contributed by atoms with E-state index in [1.54, 1.807) is 37.4 Å². The second-order valence-electron chi connectivity index (χ2n) is 7.34. The van der Waals surface area contributed by atoms with Crippen molar-refractivity contribution in [2.24, 2.45) is 0 Å². The lowest BCUT2D eigenvalue weighted by molar-refractivity contribution is -0.112. The molecule has 2 heterocycles. The average Bonchev–Trinajstić information content (AvgIpc) is 3.41. The number of fused-ring (bicyclic) bond motifs is 1. The fraction of sp³-hybridized carbons (Fsp3) is 0.0800. The predicted octanol–water partition coefficient (Wildman–Crippen LogP) is 5.49. The third-order valence-electron chi connectivity index (χ3n) is 5.20. The first-order valence-corrected chi connectivity index (χ1v) is 10.3. The van der Waals surface area contributed by atoms with Crippen molar-refractivity contribution in [3.63, 3.8) is 0 Å². The monoisotopic (exact) mass is 459 g/mol. The Kier molecular flexibility index (Phi) is 6.03. The number of aromatic carboxylic acids is 1. The number of carboxylic acids is 1. The third-order valence-corrected chi connectivity index (χ3v) is 5.61. The van der Waals surface area contributed by atoms with Crippen molar-refractivity contribution >= 4 is 46.1 Å². The Morgan fingerprint density at radius 1 is 1.18 bits per heavy atom. The lowest BCUT2D eigenvalue weighted by atomic mass is 10.1. The Morgan fingerprint density at radius 3 is 2.70 bits per heavy atom. The van der Waals surface area contributed by atoms with Crippen molar-refractivity contribution in [1.29, 1.82) is 5.26 Å². The fourth-order valence-electron chi connectivity index (χ4n) is 3.50. The van der Waals surface area contributed by atoms with E-state index in [9.17, 15) is 14.9 Å². The zero-order chi connectivity index (χ0) is 23.5. The van der Waals surface area contributed by atoms with Crippen molar-refractivity contribution in [2.45, 2.75) is 13.5 Å². The molecule has 1 amide bonds. The number of hydrogen-bond acceptors (Lipinski definition) is 4. The van der Waals surface area contributed by atoms with Gasteiger partial charge in [0.1, 0.15) is 17.4 Å². The van der Waals surface area contributed by atoms with Gasteiger partial charge < -0.3 is 19.4 Å². The first-order valence-electron chi connectivity index (χ1n) is 9.95. The minimum absolute atomic E-state index is 0.0663. The van der Waals surface area contributed by atoms with E-state index in [1.807, 2.05) is 34.9 Å². The molecule has 0 aliphatic carbocycles. The highest BCUT2D eigenvalue weighted by atomic mass is 35.5. The van der Waals surface area contributed by atoms with Crippen LogP contribution in [0.1, 0.15) is 27.4 Å². The van der Waals surface area contributed by atoms with Gasteiger partial charge in [0.05, 0.1) is 6.54 Å². The molecule has 0 unspecified atom stereocenters. The van der Waals surface area contributed by atoms with E-state index >= 15 is 0 Å². The number of amides is 1. The Morgan fingerprint density at radius 2 is 1.97 bits per heavy atom. The number of carbonyl (C=O) groups excluding carboxylic acids is 1. The molecule has 0 aliphatic rings. The molecule has 2 N–H and O–H groups in total. The van der Waals surface area contributed by atoms with E-state index in [1.165, 1.54) is 12.1 Å². The number of carbonyl (C=O) groups is 2. The van der Waals surface area contributed by atoms with Crippen LogP contribution in [0.3, 0.4) is 0 Å². The molecule has 7 nitrogen and oxygen atoms in total. The van der Waals surface area contributed by atoms with Gasteiger partial charge in [0.25, 0.3) is 5.91 Å². The molecule has 8 heteroatoms. The summed E-state index contributed by atoms with van der Waals surface area (Å²) < 4.78 is 7.25. The van der Waals surface area contributed by atoms with Crippen LogP contribution in [0.2, 0.25) is 5.02 Å². The number of nitriles is 1. The molecule has 0 atom stereocenters. The molecule has 0 saturated heterocycles. The van der Waals surface area contributed by atoms with Gasteiger partial charge in [-0.15, -0.1) is 0 Å². The van der Waals surface area contributed by atoms with Crippen molar-refractivity contribution in [3.05, 3.63) is 94.0 Å². The molecule has 4 aromatic rings. The molecule has 0 fully saturated rings. The summed E-state index contributed by atoms with van der Waals surface area (Å²) in [5, 5.41) is 22.8. The first-order chi connectivity index (χ1) is 15.9. The maximum absolute atomic E-state index is 12.8. The minimum atomic E-state index is -1.14. The van der Waals surface area contributed by atoms with Gasteiger partial charge >= 0.3 is 5.97 Å². The van der Waals surface area contributed by atoms with Crippen LogP contribution >= 0.6 is 11.6 Å². The Bertz CT molecular complexity index is 1460. The SMILES string of the molecule is Cc1c(Cl)cccc1NC(=O)/C(C#N)=C\c1cn(Cc2ccc(C(=O)O)o2)c2ccccc12. The summed E-state index contributed by atoms with van der Waals surface area (Å²) in [6.45, 7) is 2.07. The van der Waals surface area contributed by atoms with Gasteiger partial charge in [0.2, 0.25) is 5.76 Å². The summed E-state index contributed by atoms with van der Waals surface area (Å²) in [6.07, 6.45) is 3.32. The molecular formula is C25H18ClN3O4. The van der Waals surface area contributed by atoms with Crippen LogP contribution in [0.25, 0.3) is 17.0 Å². The molecule has 0 aliphatic heterocycles. The lowest BCUT2D eigenvalue weighted by Crippen LogP contribution is -2.14. The number of benzene rings is 2. The number of aromatic nitrogens is 1. The summed E-state index contributed by atoms with van der Waals surface area (Å²) in [5.41, 5.74) is 2.69. The normalized spacial score (nSPS) is 11.4. The molecule has 0 spiro atoms. The van der Waals surface area contributed by atoms with Gasteiger partial charge in [-0.25, -0.2) is 4.79 Å². The predicted molar refractivity (Wildman–Crippen MR) is 125 cm³/mol. The molecule has 0 radical (unpaired) electrons. The first kappa shape index (κ1) is 21.9. The van der Waals surface area contributed by atoms with E-state index in [-0.39, 0.29) is 17.9 Å². The number of para-hydroxylation sites is 1. The fourth-order valence-corrected chi connectivity index (χ4v) is 3.68. The van der Waals surface area contributed by atoms with Crippen molar-refractivity contribution in [3.8, 4) is 6.07 Å². The second-order valence-corrected chi connectivity index (χ2v) is 7.74. The number of anilines is 1. The van der Waals surface area contributed by atoms with Gasteiger partial charge in [-0.3, -0.25) is 4.79 Å². The number of carboxylic acid groups (broad SMARTS) is 1. The zero-order valence-corrected chi connectivity index (χ0v) is 18.3. The number of rotatable bonds is 6. The topological polar surface area (TPSA) is 108 Å². The van der Waals surface area contributed by atoms with Crippen molar-refractivity contribution < 1.29 is 19.1 Å². The maximum Gasteiger partial charge on any atom is 0.371 e. The highest BCUT2D eigenvalue weighted by Crippen LogP contribution is 2.26. The molecule has 0 bridgehead atoms. The molecule has 164 valence electrons. The Labute approximate surface area is 194 Å². The van der Waals surface area contributed by atoms with Crippen LogP contribution in [-0.4, -0.2) is 21.6 Å². The number of furan rings is 1. The number of halogens is 1. The minimum Gasteiger partial charge on any atom is -0.475 e. The molecular weight excluding hydrogens is 442 g/mol. The second kappa shape index (κ2) is 9.07. The molecule has 4 rings (SSSR count). The average molecular weight is 460 g/mol. The quantitative estimate of drug-likeness (QED) is 0.293. The number of nitrogens with zero attached hydrogens (tertiary/aromatic N) is 2. The Balaban J connectivity index is 1.68. The lowest BCUT2D eigenvalue weighted by Gasteiger charge is -2.08. The smallest absolute Gasteiger partial charge is 0.371 e. The van der Waals surface area contributed by atoms with Crippen LogP contribution < -0.4 is 5.32 Å². The van der Waals surface area contributed by atoms with Crippen LogP contribution in [0.4, 0.5) is 5.69 Å². The van der Waals surface area contributed by atoms with Crippen LogP contribution in [0.15, 0.2) is 70.8 Å². The number of nitrogens with one attached hydrogen (secondary N) is 1. The van der Waals surface area contributed by atoms with Crippen LogP contribution in [0.5, 0.6) is 0 Å². The summed E-state index contributed by atoms with van der Waals surface area (Å²) in [6, 6.07) is 17.7. The maximum atomic E-state index is 12.8. The van der Waals surface area contributed by atoms with Gasteiger partial charge in [0.15, 0.2) is 0 Å². The number of hydrogen-bond donors (Lipinski definition) is 2. The van der Waals surface area contributed by atoms with Crippen molar-refractivity contribution in [1.82, 2.24) is 4.57 Å². The summed E-state index contributed by atoms with van der Waals surface area (Å²) >= 11 is 6.12. The molecule has 2 aromatic carbocycles. The van der Waals surface area contributed by atoms with E-state index in [0.717, 1.165) is 10.9 Å². The highest BCUT2D eigenvalue weighted by molar-refractivity contribution is 6.31. The Hall–Kier alpha value is -4.28. The van der Waals surface area contributed by atoms with E-state index in [2.05, 4.69) is 5.32 Å². The molecule has 33 heavy (non-hydrogen) atoms. The van der Waals surface area contributed by atoms with E-state index in [0.29, 0.717) is 27.6 Å². The van der Waals surface area contributed by atoms with Gasteiger partial charge in [0, 0.05) is 33.4 Å². The van der Waals surface area contributed by atoms with Gasteiger partial charge in [-0.2, -0.15) is 5.26 Å². The van der Waals surface area contributed by atoms with Gasteiger partial charge in [-0.1, -0.05) is 35.9 Å². The van der Waals surface area contributed by atoms with E-state index < -0.39 is 11.9 Å². The summed E-state index contributed by atoms with van der Waals surface area (Å²) in [7, 11) is 0. The zero-order valence-electron chi connectivity index (χ0n) is 17.5. The molecule has 2 aromatic heterocycles. The van der Waals surface area contributed by atoms with Crippen LogP contribution in [0, 0.1) is 18.3 Å². The van der Waals surface area contributed by atoms with E-state index in [4.69, 9.17) is 21.1 Å². The summed E-state index contributed by atoms with van der Waals surface area (Å²) in [4.78, 5) is 23.9. The highest BCUT2D eigenvalue weighted by Gasteiger charge is 2.15. The standard InChI is InChI=1S/C25H18ClN3O4/c1-15-20(26)6-4-7-21(15)28-24(30)16(12-27)11-17-13-29(22-8-3-2-5-19(17)22)14-18-9-10-23(33-18)25(31)32/h2-11,13H,14H2,1H3,(H,28,30)(H,31,32)/b16-11-. The van der Waals surface area contributed by atoms with Crippen molar-refractivity contribution in [2.75, 3.05) is 5.32 Å². The van der Waals surface area contributed by atoms with Gasteiger partial charge in [-0.05, 0) is 48.9 Å². The third kappa shape index (κ3) is 4.52. The summed E-state index contributed by atoms with van der Waals surface area (Å²) in [5.74, 6) is -1.35. The largest absolute Gasteiger partial charge is 0.475 e. The van der Waals surface area contributed by atoms with Crippen LogP contribution in [-0.2, 0) is 11.3 Å².